The molecule has 0 radical (unpaired) electrons. The highest BCUT2D eigenvalue weighted by molar-refractivity contribution is 9.11. The second-order valence-corrected chi connectivity index (χ2v) is 22.3. The highest BCUT2D eigenvalue weighted by Crippen LogP contribution is 2.39. The number of halogens is 1. The van der Waals surface area contributed by atoms with E-state index in [2.05, 4.69) is 95.8 Å². The Morgan fingerprint density at radius 1 is 1.07 bits per heavy atom. The molecule has 1 rings (SSSR count). The van der Waals surface area contributed by atoms with Gasteiger partial charge in [-0.3, -0.25) is 4.79 Å². The lowest BCUT2D eigenvalue weighted by Crippen LogP contribution is -2.43. The minimum atomic E-state index is -1.86. The Kier molecular flexibility index (Phi) is 10.0. The summed E-state index contributed by atoms with van der Waals surface area (Å²) in [5.74, 6) is 0.229. The number of allylic oxidation sites excluding steroid dienone is 3. The van der Waals surface area contributed by atoms with E-state index in [9.17, 15) is 4.79 Å². The quantitative estimate of drug-likeness (QED) is 0.217. The second kappa shape index (κ2) is 10.7. The van der Waals surface area contributed by atoms with Gasteiger partial charge < -0.3 is 8.85 Å². The molecule has 6 heteroatoms. The Hall–Kier alpha value is -0.0162. The summed E-state index contributed by atoms with van der Waals surface area (Å²) >= 11 is 3.67. The van der Waals surface area contributed by atoms with Gasteiger partial charge in [0.1, 0.15) is 0 Å². The van der Waals surface area contributed by atoms with Gasteiger partial charge >= 0.3 is 0 Å². The van der Waals surface area contributed by atoms with Gasteiger partial charge in [0.25, 0.3) is 0 Å². The number of carbonyl (C=O) groups is 1. The molecule has 0 spiro atoms. The van der Waals surface area contributed by atoms with Gasteiger partial charge in [-0.15, -0.1) is 0 Å². The summed E-state index contributed by atoms with van der Waals surface area (Å²) in [6.45, 7) is 23.5. The standard InChI is InChI=1S/C24H45BrO3Si2/c1-23(2,3)29(7,8)27-15-13-11-12-14-20(25)16-19-17-21(18-22(19)26)28-30(9,10)24(4,5)6/h14,17,21H,11-13,15-16,18H2,1-10H3/b20-14-/t21-/m0/s1. The van der Waals surface area contributed by atoms with E-state index in [0.717, 1.165) is 35.9 Å². The predicted molar refractivity (Wildman–Crippen MR) is 138 cm³/mol. The highest BCUT2D eigenvalue weighted by atomic mass is 79.9. The summed E-state index contributed by atoms with van der Waals surface area (Å²) in [6, 6.07) is 0. The van der Waals surface area contributed by atoms with Gasteiger partial charge in [-0.25, -0.2) is 0 Å². The van der Waals surface area contributed by atoms with Crippen LogP contribution in [0.4, 0.5) is 0 Å². The Morgan fingerprint density at radius 2 is 1.63 bits per heavy atom. The maximum absolute atomic E-state index is 12.5. The molecule has 0 aromatic heterocycles. The van der Waals surface area contributed by atoms with Crippen molar-refractivity contribution in [2.24, 2.45) is 0 Å². The molecule has 0 saturated heterocycles. The Morgan fingerprint density at radius 3 is 2.17 bits per heavy atom. The molecule has 0 heterocycles. The molecular weight excluding hydrogens is 472 g/mol. The van der Waals surface area contributed by atoms with Crippen molar-refractivity contribution < 1.29 is 13.6 Å². The molecule has 0 unspecified atom stereocenters. The first-order chi connectivity index (χ1) is 13.5. The molecular formula is C24H45BrO3Si2. The summed E-state index contributed by atoms with van der Waals surface area (Å²) in [5.41, 5.74) is 0.892. The molecule has 0 saturated carbocycles. The largest absolute Gasteiger partial charge is 0.417 e. The van der Waals surface area contributed by atoms with Crippen molar-refractivity contribution in [3.8, 4) is 0 Å². The highest BCUT2D eigenvalue weighted by Gasteiger charge is 2.40. The van der Waals surface area contributed by atoms with E-state index >= 15 is 0 Å². The normalized spacial score (nSPS) is 19.4. The van der Waals surface area contributed by atoms with Gasteiger partial charge in [-0.2, -0.15) is 0 Å². The fraction of sp³-hybridized carbons (Fsp3) is 0.792. The third-order valence-corrected chi connectivity index (χ3v) is 16.6. The molecule has 1 aliphatic rings. The first-order valence-electron chi connectivity index (χ1n) is 11.4. The lowest BCUT2D eigenvalue weighted by atomic mass is 10.1. The summed E-state index contributed by atoms with van der Waals surface area (Å²) in [7, 11) is -3.49. The van der Waals surface area contributed by atoms with Crippen molar-refractivity contribution in [2.45, 2.75) is 116 Å². The molecule has 0 aromatic carbocycles. The van der Waals surface area contributed by atoms with E-state index < -0.39 is 16.6 Å². The molecule has 0 N–H and O–H groups in total. The van der Waals surface area contributed by atoms with Crippen LogP contribution in [0.25, 0.3) is 0 Å². The number of Topliss-reactive ketones (excluding diaryl/α,β-unsaturated/α-hetero) is 1. The zero-order valence-corrected chi connectivity index (χ0v) is 24.7. The number of ketones is 1. The summed E-state index contributed by atoms with van der Waals surface area (Å²) in [5, 5.41) is 0.422. The minimum Gasteiger partial charge on any atom is -0.417 e. The molecule has 174 valence electrons. The second-order valence-electron chi connectivity index (χ2n) is 11.7. The van der Waals surface area contributed by atoms with Crippen LogP contribution < -0.4 is 0 Å². The summed E-state index contributed by atoms with van der Waals surface area (Å²) in [4.78, 5) is 12.5. The van der Waals surface area contributed by atoms with Crippen LogP contribution in [0.3, 0.4) is 0 Å². The molecule has 0 fully saturated rings. The molecule has 1 atom stereocenters. The van der Waals surface area contributed by atoms with Crippen molar-refractivity contribution in [3.63, 3.8) is 0 Å². The van der Waals surface area contributed by atoms with E-state index in [0.29, 0.717) is 12.8 Å². The fourth-order valence-electron chi connectivity index (χ4n) is 2.78. The van der Waals surface area contributed by atoms with Crippen molar-refractivity contribution in [2.75, 3.05) is 6.61 Å². The van der Waals surface area contributed by atoms with E-state index in [4.69, 9.17) is 8.85 Å². The van der Waals surface area contributed by atoms with Crippen LogP contribution in [0.15, 0.2) is 22.2 Å². The van der Waals surface area contributed by atoms with E-state index in [1.54, 1.807) is 0 Å². The van der Waals surface area contributed by atoms with Gasteiger partial charge in [0, 0.05) is 19.4 Å². The SMILES string of the molecule is CC(C)(C)[Si](C)(C)OCCCC/C=C(\Br)CC1=C[C@H](O[Si](C)(C)C(C)(C)C)CC1=O. The van der Waals surface area contributed by atoms with Crippen molar-refractivity contribution in [1.29, 1.82) is 0 Å². The number of hydrogen-bond acceptors (Lipinski definition) is 3. The Bertz CT molecular complexity index is 652. The Balaban J connectivity index is 2.46. The van der Waals surface area contributed by atoms with Crippen molar-refractivity contribution >= 4 is 38.3 Å². The van der Waals surface area contributed by atoms with Crippen LogP contribution in [-0.2, 0) is 13.6 Å². The van der Waals surface area contributed by atoms with Crippen LogP contribution in [-0.4, -0.2) is 35.1 Å². The van der Waals surface area contributed by atoms with Crippen molar-refractivity contribution in [1.82, 2.24) is 0 Å². The molecule has 3 nitrogen and oxygen atoms in total. The van der Waals surface area contributed by atoms with Crippen LogP contribution in [0, 0.1) is 0 Å². The fourth-order valence-corrected chi connectivity index (χ4v) is 5.66. The maximum atomic E-state index is 12.5. The monoisotopic (exact) mass is 516 g/mol. The number of unbranched alkanes of at least 4 members (excludes halogenated alkanes) is 2. The average molecular weight is 518 g/mol. The third kappa shape index (κ3) is 8.49. The number of hydrogen-bond donors (Lipinski definition) is 0. The molecule has 0 aliphatic heterocycles. The van der Waals surface area contributed by atoms with Crippen molar-refractivity contribution in [3.05, 3.63) is 22.2 Å². The molecule has 30 heavy (non-hydrogen) atoms. The third-order valence-electron chi connectivity index (χ3n) is 6.98. The van der Waals surface area contributed by atoms with Crippen LogP contribution in [0.5, 0.6) is 0 Å². The number of rotatable bonds is 10. The average Bonchev–Trinajstić information content (AvgIpc) is 2.87. The van der Waals surface area contributed by atoms with Gasteiger partial charge in [-0.05, 0) is 71.7 Å². The lowest BCUT2D eigenvalue weighted by Gasteiger charge is -2.37. The maximum Gasteiger partial charge on any atom is 0.192 e. The Labute approximate surface area is 196 Å². The van der Waals surface area contributed by atoms with Crippen LogP contribution >= 0.6 is 15.9 Å². The minimum absolute atomic E-state index is 0.0545. The predicted octanol–water partition coefficient (Wildman–Crippen LogP) is 8.14. The zero-order chi connectivity index (χ0) is 23.4. The van der Waals surface area contributed by atoms with E-state index in [1.807, 2.05) is 0 Å². The van der Waals surface area contributed by atoms with Gasteiger partial charge in [-0.1, -0.05) is 63.5 Å². The van der Waals surface area contributed by atoms with Gasteiger partial charge in [0.2, 0.25) is 0 Å². The van der Waals surface area contributed by atoms with E-state index in [-0.39, 0.29) is 22.0 Å². The molecule has 1 aliphatic carbocycles. The first kappa shape index (κ1) is 28.0. The molecule has 0 amide bonds. The van der Waals surface area contributed by atoms with Gasteiger partial charge in [0.05, 0.1) is 6.10 Å². The first-order valence-corrected chi connectivity index (χ1v) is 18.0. The number of carbonyl (C=O) groups excluding carboxylic acids is 1. The molecule has 0 bridgehead atoms. The van der Waals surface area contributed by atoms with E-state index in [1.165, 1.54) is 0 Å². The zero-order valence-electron chi connectivity index (χ0n) is 21.1. The smallest absolute Gasteiger partial charge is 0.192 e. The van der Waals surface area contributed by atoms with Crippen LogP contribution in [0.2, 0.25) is 36.3 Å². The van der Waals surface area contributed by atoms with Gasteiger partial charge in [0.15, 0.2) is 22.4 Å². The summed E-state index contributed by atoms with van der Waals surface area (Å²) < 4.78 is 13.8. The van der Waals surface area contributed by atoms with Crippen LogP contribution in [0.1, 0.15) is 73.6 Å². The lowest BCUT2D eigenvalue weighted by molar-refractivity contribution is -0.115. The summed E-state index contributed by atoms with van der Waals surface area (Å²) in [6.07, 6.45) is 8.58. The molecule has 0 aromatic rings. The topological polar surface area (TPSA) is 35.5 Å².